The molecule has 0 saturated heterocycles. The quantitative estimate of drug-likeness (QED) is 0.0323. The molecule has 24 nitrogen and oxygen atoms in total. The highest BCUT2D eigenvalue weighted by Crippen LogP contribution is 2.42. The third-order valence-electron chi connectivity index (χ3n) is 15.7. The molecule has 2 aliphatic heterocycles. The molecule has 26 heteroatoms. The summed E-state index contributed by atoms with van der Waals surface area (Å²) in [6.07, 6.45) is 9.51. The van der Waals surface area contributed by atoms with Gasteiger partial charge in [-0.15, -0.1) is 11.1 Å². The van der Waals surface area contributed by atoms with E-state index >= 15 is 0 Å². The van der Waals surface area contributed by atoms with Crippen molar-refractivity contribution in [2.45, 2.75) is 111 Å². The Morgan fingerprint density at radius 2 is 0.968 bits per heavy atom. The van der Waals surface area contributed by atoms with Crippen LogP contribution in [0.2, 0.25) is 0 Å². The maximum absolute atomic E-state index is 13.7. The van der Waals surface area contributed by atoms with Crippen molar-refractivity contribution in [2.24, 2.45) is 14.1 Å². The van der Waals surface area contributed by atoms with Gasteiger partial charge in [-0.2, -0.15) is 0 Å². The number of aromatic nitrogens is 4. The van der Waals surface area contributed by atoms with Gasteiger partial charge >= 0.3 is 0 Å². The largest absolute Gasteiger partial charge is 0.492 e. The van der Waals surface area contributed by atoms with Crippen molar-refractivity contribution in [3.05, 3.63) is 178 Å². The van der Waals surface area contributed by atoms with Gasteiger partial charge in [0.15, 0.2) is 11.5 Å². The Morgan fingerprint density at radius 1 is 0.570 bits per heavy atom. The molecule has 9 rings (SSSR count). The molecular weight excluding hydrogens is 1220 g/mol. The summed E-state index contributed by atoms with van der Waals surface area (Å²) in [7, 11) is -0.485. The van der Waals surface area contributed by atoms with E-state index in [1.807, 2.05) is 154 Å². The second kappa shape index (κ2) is 27.3. The van der Waals surface area contributed by atoms with Crippen molar-refractivity contribution in [3.8, 4) is 11.5 Å². The number of nitrogens with zero attached hydrogens (tertiary/aromatic N) is 6. The maximum atomic E-state index is 13.7. The number of carbonyl (C=O) groups is 2. The van der Waals surface area contributed by atoms with Gasteiger partial charge < -0.3 is 39.1 Å². The van der Waals surface area contributed by atoms with Gasteiger partial charge in [-0.05, 0) is 101 Å². The summed E-state index contributed by atoms with van der Waals surface area (Å²) in [4.78, 5) is 36.6. The summed E-state index contributed by atoms with van der Waals surface area (Å²) in [6.45, 7) is 25.0. The van der Waals surface area contributed by atoms with Gasteiger partial charge in [-0.1, -0.05) is 112 Å². The first-order valence-corrected chi connectivity index (χ1v) is 33.8. The smallest absolute Gasteiger partial charge is 0.255 e. The van der Waals surface area contributed by atoms with Crippen LogP contribution in [0.5, 0.6) is 11.5 Å². The van der Waals surface area contributed by atoms with Crippen molar-refractivity contribution in [1.29, 1.82) is 0 Å². The molecule has 93 heavy (non-hydrogen) atoms. The lowest BCUT2D eigenvalue weighted by molar-refractivity contribution is 0.0787. The number of ether oxygens (including phenoxy) is 3. The molecule has 0 unspecified atom stereocenters. The van der Waals surface area contributed by atoms with Gasteiger partial charge in [-0.25, -0.2) is 26.8 Å². The van der Waals surface area contributed by atoms with Crippen LogP contribution in [-0.4, -0.2) is 92.8 Å². The predicted octanol–water partition coefficient (Wildman–Crippen LogP) is 9.74. The summed E-state index contributed by atoms with van der Waals surface area (Å²) in [6, 6.07) is 27.9. The fourth-order valence-corrected chi connectivity index (χ4v) is 11.7. The number of benzene rings is 5. The lowest BCUT2D eigenvalue weighted by atomic mass is 9.86. The van der Waals surface area contributed by atoms with Crippen LogP contribution in [0.15, 0.2) is 116 Å². The van der Waals surface area contributed by atoms with Gasteiger partial charge in [0.2, 0.25) is 20.0 Å². The van der Waals surface area contributed by atoms with Gasteiger partial charge in [0.1, 0.15) is 11.6 Å². The minimum Gasteiger partial charge on any atom is -0.492 e. The highest BCUT2D eigenvalue weighted by molar-refractivity contribution is 7.92. The molecule has 0 radical (unpaired) electrons. The first-order valence-electron chi connectivity index (χ1n) is 30.0. The van der Waals surface area contributed by atoms with Gasteiger partial charge in [0.05, 0.1) is 128 Å². The molecule has 2 aliphatic rings. The molecule has 498 valence electrons. The molecule has 0 aliphatic carbocycles. The molecule has 9 N–H and O–H groups in total. The number of carbonyl (C=O) groups excluding carboxylic acids is 2. The predicted molar refractivity (Wildman–Crippen MR) is 368 cm³/mol. The molecule has 0 atom stereocenters. The van der Waals surface area contributed by atoms with E-state index in [0.717, 1.165) is 86.1 Å². The van der Waals surface area contributed by atoms with Crippen molar-refractivity contribution in [2.75, 3.05) is 70.0 Å². The molecule has 7 aromatic rings. The fraction of sp³-hybridized carbons (Fsp3) is 0.373. The Kier molecular flexibility index (Phi) is 20.6. The van der Waals surface area contributed by atoms with E-state index in [9.17, 15) is 31.5 Å². The normalized spacial score (nSPS) is 13.7. The van der Waals surface area contributed by atoms with E-state index in [-0.39, 0.29) is 51.6 Å². The molecule has 0 fully saturated rings. The van der Waals surface area contributed by atoms with Gasteiger partial charge in [0.25, 0.3) is 11.8 Å². The fourth-order valence-electron chi connectivity index (χ4n) is 10.6. The lowest BCUT2D eigenvalue weighted by Gasteiger charge is -2.24. The zero-order chi connectivity index (χ0) is 68.3. The lowest BCUT2D eigenvalue weighted by Crippen LogP contribution is -2.37. The number of hydrogen-bond acceptors (Lipinski definition) is 18. The number of sulfonamides is 2. The van der Waals surface area contributed by atoms with E-state index in [0.29, 0.717) is 35.7 Å². The Hall–Kier alpha value is -8.92. The highest BCUT2D eigenvalue weighted by Gasteiger charge is 2.32. The Labute approximate surface area is 546 Å². The van der Waals surface area contributed by atoms with Crippen molar-refractivity contribution >= 4 is 77.4 Å². The third kappa shape index (κ3) is 16.7. The topological polar surface area (TPSA) is 289 Å². The number of methoxy groups -OCH3 is 2. The van der Waals surface area contributed by atoms with Crippen LogP contribution in [0.25, 0.3) is 11.4 Å². The molecule has 0 saturated carbocycles. The molecule has 5 aromatic carbocycles. The number of aliphatic hydroxyl groups excluding tert-OH is 1. The molecular formula is C67H88N14O10S2. The van der Waals surface area contributed by atoms with E-state index in [1.54, 1.807) is 59.7 Å². The zero-order valence-electron chi connectivity index (χ0n) is 56.2. The maximum Gasteiger partial charge on any atom is 0.255 e. The zero-order valence-corrected chi connectivity index (χ0v) is 57.8. The monoisotopic (exact) mass is 1310 g/mol. The Morgan fingerprint density at radius 3 is 1.34 bits per heavy atom. The average Bonchev–Trinajstić information content (AvgIpc) is 1.79. The number of hydrazine groups is 4. The van der Waals surface area contributed by atoms with Crippen LogP contribution < -0.4 is 61.5 Å². The minimum atomic E-state index is -3.61. The van der Waals surface area contributed by atoms with Gasteiger partial charge in [-0.3, -0.25) is 39.9 Å². The second-order valence-corrected chi connectivity index (χ2v) is 30.1. The van der Waals surface area contributed by atoms with Crippen LogP contribution in [0.4, 0.5) is 34.1 Å². The van der Waals surface area contributed by atoms with Crippen molar-refractivity contribution in [3.63, 3.8) is 0 Å². The minimum absolute atomic E-state index is 0.0376. The SMILES string of the molecule is COc1c(NC(=O)c2ccc(C)c(N3C=C(c4cnc(C(C)(C)CO)n4C)NN3)c2)cc(C(C)(C)C)cc1NS(C)(=O)=O.COc1c(NC(=O)c2ccc(C)c(N3C=C(c4cnc(C(C)(C)COCc5ccccc5)n4C)NN3)c2)cc(C(C)(C)C)cc1NS(C)(=O)=O. The molecule has 0 spiro atoms. The number of aliphatic hydroxyl groups is 1. The van der Waals surface area contributed by atoms with Crippen LogP contribution in [0.1, 0.15) is 141 Å². The number of hydrogen-bond donors (Lipinski definition) is 9. The van der Waals surface area contributed by atoms with E-state index in [4.69, 9.17) is 19.2 Å². The van der Waals surface area contributed by atoms with Crippen LogP contribution in [0.3, 0.4) is 0 Å². The summed E-state index contributed by atoms with van der Waals surface area (Å²) in [5.41, 5.74) is 22.5. The number of anilines is 6. The Balaban J connectivity index is 0.000000242. The molecule has 2 amide bonds. The number of aryl methyl sites for hydroxylation is 2. The number of rotatable bonds is 21. The number of nitrogens with one attached hydrogen (secondary N) is 8. The van der Waals surface area contributed by atoms with Crippen LogP contribution in [0, 0.1) is 13.8 Å². The van der Waals surface area contributed by atoms with E-state index in [1.165, 1.54) is 14.2 Å². The third-order valence-corrected chi connectivity index (χ3v) is 16.9. The number of amides is 2. The molecule has 2 aromatic heterocycles. The number of imidazole rings is 2. The van der Waals surface area contributed by atoms with Crippen molar-refractivity contribution < 1.29 is 45.7 Å². The first kappa shape index (κ1) is 70.0. The highest BCUT2D eigenvalue weighted by atomic mass is 32.2. The Bertz CT molecular complexity index is 4240. The first-order chi connectivity index (χ1) is 43.4. The molecule has 4 heterocycles. The molecule has 0 bridgehead atoms. The summed E-state index contributed by atoms with van der Waals surface area (Å²) in [5, 5.41) is 19.3. The van der Waals surface area contributed by atoms with Crippen LogP contribution in [-0.2, 0) is 67.1 Å². The summed E-state index contributed by atoms with van der Waals surface area (Å²) in [5.74, 6) is 1.28. The average molecular weight is 1310 g/mol. The van der Waals surface area contributed by atoms with Gasteiger partial charge in [0, 0.05) is 36.1 Å². The van der Waals surface area contributed by atoms with Crippen molar-refractivity contribution in [1.82, 2.24) is 41.0 Å². The second-order valence-electron chi connectivity index (χ2n) is 26.6. The standard InChI is InChI=1S/C37H47N7O5S.C30H41N7O5S/c1-24-15-16-26(34(45)39-28-18-27(36(2,3)4)19-29(33(28)48-8)41-50(9,46)47)17-31(24)44-21-30(40-42-44)32-20-38-35(43(32)7)37(5,6)23-49-22-25-13-11-10-12-14-25;1-18-10-11-19(12-24(18)37-16-23(33-35-37)25-15-31-28(36(25)7)30(5,6)17-38)27(39)32-21-13-20(29(2,3)4)14-22(26(21)42-8)34-43(9,40)41/h10-21,40-42H,22-23H2,1-9H3,(H,39,45);10-16,33-35,38H,17H2,1-9H3,(H,32,39). The van der Waals surface area contributed by atoms with Crippen LogP contribution >= 0.6 is 0 Å². The van der Waals surface area contributed by atoms with E-state index < -0.39 is 31.4 Å². The van der Waals surface area contributed by atoms with E-state index in [2.05, 4.69) is 65.4 Å². The summed E-state index contributed by atoms with van der Waals surface area (Å²) < 4.78 is 74.7. The summed E-state index contributed by atoms with van der Waals surface area (Å²) >= 11 is 0.